The van der Waals surface area contributed by atoms with Crippen LogP contribution in [0, 0.1) is 11.1 Å². The van der Waals surface area contributed by atoms with Crippen LogP contribution in [-0.4, -0.2) is 37.2 Å². The molecule has 0 bridgehead atoms. The van der Waals surface area contributed by atoms with Crippen molar-refractivity contribution in [2.24, 2.45) is 5.92 Å². The molecule has 0 radical (unpaired) electrons. The van der Waals surface area contributed by atoms with E-state index < -0.39 is 11.4 Å². The van der Waals surface area contributed by atoms with Crippen molar-refractivity contribution in [2.75, 3.05) is 5.32 Å². The van der Waals surface area contributed by atoms with Gasteiger partial charge < -0.3 is 15.6 Å². The zero-order valence-corrected chi connectivity index (χ0v) is 20.9. The molecule has 1 fully saturated rings. The number of pyridine rings is 1. The fourth-order valence-electron chi connectivity index (χ4n) is 5.43. The molecule has 1 saturated carbocycles. The molecule has 1 unspecified atom stereocenters. The van der Waals surface area contributed by atoms with Crippen LogP contribution in [0.4, 0.5) is 5.69 Å². The molecule has 2 aliphatic rings. The number of carboxylic acids is 1. The molecule has 1 amide bonds. The van der Waals surface area contributed by atoms with Gasteiger partial charge >= 0.3 is 5.97 Å². The maximum atomic E-state index is 13.8. The number of anilines is 1. The topological polar surface area (TPSA) is 137 Å². The molecule has 10 nitrogen and oxygen atoms in total. The van der Waals surface area contributed by atoms with E-state index in [1.807, 2.05) is 6.07 Å². The Bertz CT molecular complexity index is 1550. The van der Waals surface area contributed by atoms with E-state index in [0.29, 0.717) is 58.4 Å². The normalized spacial score (nSPS) is 18.2. The molecule has 192 valence electrons. The summed E-state index contributed by atoms with van der Waals surface area (Å²) in [5.74, 6) is -0.898. The van der Waals surface area contributed by atoms with Gasteiger partial charge in [-0.1, -0.05) is 24.4 Å². The minimum absolute atomic E-state index is 0.133. The van der Waals surface area contributed by atoms with E-state index >= 15 is 0 Å². The van der Waals surface area contributed by atoms with E-state index in [-0.39, 0.29) is 11.5 Å². The zero-order chi connectivity index (χ0) is 26.4. The second-order valence-corrected chi connectivity index (χ2v) is 10.3. The highest BCUT2D eigenvalue weighted by molar-refractivity contribution is 6.31. The van der Waals surface area contributed by atoms with Gasteiger partial charge in [-0.15, -0.1) is 5.10 Å². The lowest BCUT2D eigenvalue weighted by molar-refractivity contribution is -0.616. The Kier molecular flexibility index (Phi) is 5.83. The number of benzene rings is 2. The molecule has 0 aliphatic heterocycles. The molecule has 6 rings (SSSR count). The first-order valence-corrected chi connectivity index (χ1v) is 12.7. The summed E-state index contributed by atoms with van der Waals surface area (Å²) in [6.45, 7) is 0. The summed E-state index contributed by atoms with van der Waals surface area (Å²) >= 11 is 6.31. The number of aromatic nitrogens is 5. The maximum absolute atomic E-state index is 13.8. The Morgan fingerprint density at radius 2 is 1.97 bits per heavy atom. The lowest BCUT2D eigenvalue weighted by Crippen LogP contribution is -2.48. The number of fused-ring (bicyclic) bond motifs is 1. The van der Waals surface area contributed by atoms with Crippen molar-refractivity contribution >= 4 is 29.2 Å². The van der Waals surface area contributed by atoms with Crippen molar-refractivity contribution in [3.05, 3.63) is 88.1 Å². The van der Waals surface area contributed by atoms with Gasteiger partial charge in [0, 0.05) is 27.4 Å². The van der Waals surface area contributed by atoms with E-state index in [0.717, 1.165) is 23.1 Å². The molecule has 11 heteroatoms. The highest BCUT2D eigenvalue weighted by Gasteiger charge is 2.54. The smallest absolute Gasteiger partial charge is 0.335 e. The van der Waals surface area contributed by atoms with Gasteiger partial charge in [-0.25, -0.2) is 4.79 Å². The Morgan fingerprint density at radius 3 is 2.66 bits per heavy atom. The predicted octanol–water partition coefficient (Wildman–Crippen LogP) is 3.94. The number of amides is 1. The van der Waals surface area contributed by atoms with Gasteiger partial charge in [0.25, 0.3) is 0 Å². The average molecular weight is 531 g/mol. The predicted molar refractivity (Wildman–Crippen MR) is 138 cm³/mol. The van der Waals surface area contributed by atoms with Crippen LogP contribution in [0.15, 0.2) is 61.1 Å². The molecule has 2 aliphatic carbocycles. The average Bonchev–Trinajstić information content (AvgIpc) is 3.38. The second kappa shape index (κ2) is 9.21. The largest absolute Gasteiger partial charge is 0.618 e. The molecule has 2 aromatic carbocycles. The number of hydrogen-bond donors (Lipinski definition) is 2. The monoisotopic (exact) mass is 530 g/mol. The first-order chi connectivity index (χ1) is 18.3. The van der Waals surface area contributed by atoms with Gasteiger partial charge in [-0.3, -0.25) is 4.79 Å². The van der Waals surface area contributed by atoms with E-state index in [1.54, 1.807) is 30.3 Å². The minimum atomic E-state index is -1.04. The van der Waals surface area contributed by atoms with E-state index in [9.17, 15) is 14.8 Å². The van der Waals surface area contributed by atoms with Crippen LogP contribution >= 0.6 is 11.6 Å². The first kappa shape index (κ1) is 24.1. The van der Waals surface area contributed by atoms with E-state index in [1.165, 1.54) is 29.3 Å². The summed E-state index contributed by atoms with van der Waals surface area (Å²) in [4.78, 5) is 25.0. The molecule has 2 heterocycles. The quantitative estimate of drug-likeness (QED) is 0.273. The van der Waals surface area contributed by atoms with Crippen molar-refractivity contribution in [3.63, 3.8) is 0 Å². The molecular weight excluding hydrogens is 508 g/mol. The van der Waals surface area contributed by atoms with Gasteiger partial charge in [-0.2, -0.15) is 9.41 Å². The van der Waals surface area contributed by atoms with Crippen LogP contribution in [0.2, 0.25) is 5.02 Å². The summed E-state index contributed by atoms with van der Waals surface area (Å²) in [5.41, 5.74) is 2.95. The number of nitrogens with zero attached hydrogens (tertiary/aromatic N) is 5. The summed E-state index contributed by atoms with van der Waals surface area (Å²) < 4.78 is 2.34. The van der Waals surface area contributed by atoms with Crippen LogP contribution in [0.1, 0.15) is 47.3 Å². The van der Waals surface area contributed by atoms with Gasteiger partial charge in [0.1, 0.15) is 11.7 Å². The summed E-state index contributed by atoms with van der Waals surface area (Å²) in [7, 11) is 0. The lowest BCUT2D eigenvalue weighted by atomic mass is 9.78. The van der Waals surface area contributed by atoms with Crippen LogP contribution in [0.3, 0.4) is 0 Å². The number of aromatic carboxylic acids is 1. The van der Waals surface area contributed by atoms with Crippen molar-refractivity contribution in [1.82, 2.24) is 20.2 Å². The molecular formula is C27H23ClN6O4. The highest BCUT2D eigenvalue weighted by atomic mass is 35.5. The Morgan fingerprint density at radius 1 is 1.18 bits per heavy atom. The van der Waals surface area contributed by atoms with Gasteiger partial charge in [0.15, 0.2) is 6.20 Å². The number of tetrazole rings is 1. The molecule has 38 heavy (non-hydrogen) atoms. The Labute approximate surface area is 222 Å². The molecule has 0 spiro atoms. The van der Waals surface area contributed by atoms with Crippen molar-refractivity contribution < 1.29 is 19.4 Å². The number of carbonyl (C=O) groups is 2. The van der Waals surface area contributed by atoms with Crippen LogP contribution in [0.25, 0.3) is 16.8 Å². The van der Waals surface area contributed by atoms with Crippen molar-refractivity contribution in [3.8, 4) is 16.8 Å². The SMILES string of the molecule is O=C(O)c1ccc(NC(=O)C2(CC3CC3)CCc3cc(-c4cc(Cl)ccc4-n4cnnn4)c[n+]([O-])c32)cc1. The maximum Gasteiger partial charge on any atom is 0.335 e. The van der Waals surface area contributed by atoms with Crippen molar-refractivity contribution in [1.29, 1.82) is 0 Å². The van der Waals surface area contributed by atoms with Crippen LogP contribution in [-0.2, 0) is 16.6 Å². The van der Waals surface area contributed by atoms with Gasteiger partial charge in [0.05, 0.1) is 11.3 Å². The number of carbonyl (C=O) groups excluding carboxylic acids is 1. The number of halogens is 1. The first-order valence-electron chi connectivity index (χ1n) is 12.3. The van der Waals surface area contributed by atoms with Gasteiger partial charge in [0.2, 0.25) is 11.6 Å². The molecule has 0 saturated heterocycles. The third kappa shape index (κ3) is 4.26. The molecule has 2 aromatic heterocycles. The fraction of sp³-hybridized carbons (Fsp3) is 0.259. The fourth-order valence-corrected chi connectivity index (χ4v) is 5.61. The summed E-state index contributed by atoms with van der Waals surface area (Å²) in [5, 5.41) is 37.7. The Balaban J connectivity index is 1.39. The zero-order valence-electron chi connectivity index (χ0n) is 20.2. The number of aryl methyl sites for hydroxylation is 1. The van der Waals surface area contributed by atoms with Crippen molar-refractivity contribution in [2.45, 2.75) is 37.5 Å². The van der Waals surface area contributed by atoms with Gasteiger partial charge in [-0.05, 0) is 84.1 Å². The number of rotatable bonds is 7. The Hall–Kier alpha value is -4.31. The number of hydrogen-bond acceptors (Lipinski definition) is 6. The third-order valence-corrected chi connectivity index (χ3v) is 7.64. The summed E-state index contributed by atoms with van der Waals surface area (Å²) in [6, 6.07) is 13.3. The molecule has 1 atom stereocenters. The van der Waals surface area contributed by atoms with E-state index in [2.05, 4.69) is 20.8 Å². The highest BCUT2D eigenvalue weighted by Crippen LogP contribution is 2.49. The number of carboxylic acid groups (broad SMARTS) is 1. The second-order valence-electron chi connectivity index (χ2n) is 9.91. The van der Waals surface area contributed by atoms with E-state index in [4.69, 9.17) is 16.7 Å². The molecule has 4 aromatic rings. The standard InChI is InChI=1S/C27H23ClN6O4/c28-20-5-8-23(33-15-29-31-32-33)22(12-20)19-11-18-9-10-27(13-16-1-2-16,24(18)34(38)14-19)26(37)30-21-6-3-17(4-7-21)25(35)36/h3-8,11-12,14-16H,1-2,9-10,13H2,(H,30,37)(H,35,36). The summed E-state index contributed by atoms with van der Waals surface area (Å²) in [6.07, 6.45) is 6.70. The molecule has 2 N–H and O–H groups in total. The lowest BCUT2D eigenvalue weighted by Gasteiger charge is -2.27. The minimum Gasteiger partial charge on any atom is -0.618 e. The van der Waals surface area contributed by atoms with Crippen LogP contribution in [0.5, 0.6) is 0 Å². The number of nitrogens with one attached hydrogen (secondary N) is 1. The third-order valence-electron chi connectivity index (χ3n) is 7.41. The van der Waals surface area contributed by atoms with Crippen LogP contribution < -0.4 is 10.0 Å².